The van der Waals surface area contributed by atoms with Gasteiger partial charge in [-0.2, -0.15) is 0 Å². The first-order valence-corrected chi connectivity index (χ1v) is 15.8. The number of fused-ring (bicyclic) bond motifs is 1. The summed E-state index contributed by atoms with van der Waals surface area (Å²) in [6, 6.07) is 23.1. The van der Waals surface area contributed by atoms with Gasteiger partial charge in [-0.3, -0.25) is 0 Å². The van der Waals surface area contributed by atoms with Gasteiger partial charge in [-0.25, -0.2) is 0 Å². The summed E-state index contributed by atoms with van der Waals surface area (Å²) in [6.45, 7) is 4.85. The van der Waals surface area contributed by atoms with E-state index in [9.17, 15) is 0 Å². The molecule has 1 aliphatic carbocycles. The van der Waals surface area contributed by atoms with Gasteiger partial charge in [0.15, 0.2) is 0 Å². The minimum absolute atomic E-state index is 0. The third-order valence-electron chi connectivity index (χ3n) is 4.42. The first kappa shape index (κ1) is 20.9. The van der Waals surface area contributed by atoms with E-state index in [0.717, 1.165) is 3.63 Å². The minimum atomic E-state index is -0.437. The summed E-state index contributed by atoms with van der Waals surface area (Å²) in [5.41, 5.74) is 6.16. The zero-order valence-electron chi connectivity index (χ0n) is 13.6. The monoisotopic (exact) mass is 438 g/mol. The molecule has 0 saturated carbocycles. The van der Waals surface area contributed by atoms with Crippen molar-refractivity contribution in [3.8, 4) is 0 Å². The average molecular weight is 441 g/mol. The minimum Gasteiger partial charge on any atom is -1.00 e. The summed E-state index contributed by atoms with van der Waals surface area (Å²) < 4.78 is 0.795. The van der Waals surface area contributed by atoms with Gasteiger partial charge in [0.1, 0.15) is 0 Å². The normalized spacial score (nSPS) is 15.1. The van der Waals surface area contributed by atoms with E-state index in [-0.39, 0.29) is 47.2 Å². The van der Waals surface area contributed by atoms with E-state index in [0.29, 0.717) is 0 Å². The van der Waals surface area contributed by atoms with Gasteiger partial charge >= 0.3 is 141 Å². The molecule has 2 aromatic rings. The van der Waals surface area contributed by atoms with E-state index in [4.69, 9.17) is 0 Å². The Morgan fingerprint density at radius 3 is 2.13 bits per heavy atom. The number of hydrogen-bond acceptors (Lipinski definition) is 0. The molecule has 0 radical (unpaired) electrons. The summed E-state index contributed by atoms with van der Waals surface area (Å²) in [4.78, 5) is 0. The Bertz CT molecular complexity index is 639. The predicted octanol–water partition coefficient (Wildman–Crippen LogP) is -0.864. The zero-order chi connectivity index (χ0) is 14.7. The maximum absolute atomic E-state index is 2.47. The van der Waals surface area contributed by atoms with Crippen LogP contribution in [0.3, 0.4) is 0 Å². The topological polar surface area (TPSA) is 0 Å². The smallest absolute Gasteiger partial charge is 1.00 e. The number of halogens is 2. The molecule has 1 unspecified atom stereocenters. The first-order valence-electron chi connectivity index (χ1n) is 7.95. The van der Waals surface area contributed by atoms with Crippen molar-refractivity contribution in [3.63, 3.8) is 0 Å². The molecule has 2 aromatic carbocycles. The van der Waals surface area contributed by atoms with Crippen LogP contribution in [0, 0.1) is 0 Å². The molecule has 0 saturated heterocycles. The molecular formula is C19H22Cl2SiZr. The van der Waals surface area contributed by atoms with Gasteiger partial charge in [0.05, 0.1) is 0 Å². The molecule has 0 spiro atoms. The van der Waals surface area contributed by atoms with Crippen LogP contribution < -0.4 is 24.8 Å². The van der Waals surface area contributed by atoms with Crippen LogP contribution in [0.15, 0.2) is 54.6 Å². The Balaban J connectivity index is 0.00000132. The van der Waals surface area contributed by atoms with E-state index < -0.39 is 5.92 Å². The van der Waals surface area contributed by atoms with Crippen molar-refractivity contribution >= 4 is 17.6 Å². The van der Waals surface area contributed by atoms with Crippen LogP contribution in [0.25, 0.3) is 11.6 Å². The predicted molar refractivity (Wildman–Crippen MR) is 91.6 cm³/mol. The fraction of sp³-hybridized carbons (Fsp3) is 0.263. The van der Waals surface area contributed by atoms with Crippen molar-refractivity contribution in [1.29, 1.82) is 0 Å². The zero-order valence-corrected chi connectivity index (χ0v) is 18.7. The Morgan fingerprint density at radius 2 is 1.48 bits per heavy atom. The molecule has 0 fully saturated rings. The molecule has 3 rings (SSSR count). The van der Waals surface area contributed by atoms with Gasteiger partial charge in [0, 0.05) is 0 Å². The van der Waals surface area contributed by atoms with Crippen molar-refractivity contribution in [2.24, 2.45) is 0 Å². The Hall–Kier alpha value is -0.140. The molecule has 0 N–H and O–H groups in total. The van der Waals surface area contributed by atoms with Gasteiger partial charge in [-0.05, 0) is 0 Å². The Labute approximate surface area is 164 Å². The van der Waals surface area contributed by atoms with Crippen LogP contribution in [0.2, 0.25) is 12.1 Å². The molecule has 0 nitrogen and oxygen atoms in total. The average Bonchev–Trinajstić information content (AvgIpc) is 2.92. The van der Waals surface area contributed by atoms with E-state index in [1.165, 1.54) is 23.2 Å². The molecular weight excluding hydrogens is 418 g/mol. The van der Waals surface area contributed by atoms with Crippen molar-refractivity contribution in [3.05, 3.63) is 71.3 Å². The number of allylic oxidation sites excluding steroid dienone is 1. The largest absolute Gasteiger partial charge is 1.00 e. The Kier molecular flexibility index (Phi) is 9.08. The third kappa shape index (κ3) is 4.69. The van der Waals surface area contributed by atoms with Crippen LogP contribution >= 0.6 is 0 Å². The van der Waals surface area contributed by atoms with E-state index in [1.807, 2.05) is 0 Å². The fourth-order valence-electron chi connectivity index (χ4n) is 3.14. The maximum Gasteiger partial charge on any atom is -1.00 e. The molecule has 0 aliphatic heterocycles. The van der Waals surface area contributed by atoms with Gasteiger partial charge < -0.3 is 24.8 Å². The summed E-state index contributed by atoms with van der Waals surface area (Å²) in [5.74, 6) is -0.437. The van der Waals surface area contributed by atoms with Gasteiger partial charge in [0.2, 0.25) is 0 Å². The first-order chi connectivity index (χ1) is 10.3. The van der Waals surface area contributed by atoms with Crippen molar-refractivity contribution in [2.45, 2.75) is 29.6 Å². The molecule has 0 aromatic heterocycles. The van der Waals surface area contributed by atoms with Crippen LogP contribution in [0.4, 0.5) is 0 Å². The van der Waals surface area contributed by atoms with Gasteiger partial charge in [0.25, 0.3) is 0 Å². The second kappa shape index (κ2) is 9.99. The van der Waals surface area contributed by atoms with Gasteiger partial charge in [-0.15, -0.1) is 0 Å². The quantitative estimate of drug-likeness (QED) is 0.531. The number of hydrogen-bond donors (Lipinski definition) is 0. The van der Waals surface area contributed by atoms with E-state index in [2.05, 4.69) is 74.5 Å². The molecule has 120 valence electrons. The second-order valence-corrected chi connectivity index (χ2v) is 19.0. The summed E-state index contributed by atoms with van der Waals surface area (Å²) in [5, 5.41) is 0. The molecule has 1 atom stereocenters. The van der Waals surface area contributed by atoms with Crippen molar-refractivity contribution < 1.29 is 47.2 Å². The number of benzene rings is 2. The molecule has 23 heavy (non-hydrogen) atoms. The van der Waals surface area contributed by atoms with E-state index in [1.54, 1.807) is 11.1 Å². The maximum atomic E-state index is 2.47. The third-order valence-corrected chi connectivity index (χ3v) is 20.7. The summed E-state index contributed by atoms with van der Waals surface area (Å²) >= 11 is -0.349. The molecule has 4 heteroatoms. The van der Waals surface area contributed by atoms with Crippen LogP contribution in [0.1, 0.15) is 34.2 Å². The van der Waals surface area contributed by atoms with Crippen LogP contribution in [0.5, 0.6) is 0 Å². The van der Waals surface area contributed by atoms with Crippen LogP contribution in [-0.2, 0) is 22.4 Å². The SMILES string of the molecule is CC[SiH](CC)[Zr+2][CH]1C(c2ccccc2)=Cc2ccccc21.[Cl-].[Cl-]. The molecule has 0 bridgehead atoms. The molecule has 0 amide bonds. The summed E-state index contributed by atoms with van der Waals surface area (Å²) in [6.07, 6.45) is 2.47. The standard InChI is InChI=1S/C15H11.C4H11Si.2ClH.Zr/c1-2-6-12(7-3-1)15-10-13-8-4-5-9-14(13)11-15;1-3-5-4-2;;;/h1-11H;5H,3-4H2,1-2H3;2*1H;/q;;;;+2/p-2. The van der Waals surface area contributed by atoms with Crippen molar-refractivity contribution in [2.75, 3.05) is 0 Å². The Morgan fingerprint density at radius 1 is 0.870 bits per heavy atom. The van der Waals surface area contributed by atoms with Crippen LogP contribution in [-0.4, -0.2) is 5.92 Å². The van der Waals surface area contributed by atoms with Crippen molar-refractivity contribution in [1.82, 2.24) is 0 Å². The molecule has 0 heterocycles. The second-order valence-electron chi connectivity index (χ2n) is 5.71. The number of rotatable bonds is 5. The summed E-state index contributed by atoms with van der Waals surface area (Å²) in [7, 11) is 0. The van der Waals surface area contributed by atoms with Gasteiger partial charge in [-0.1, -0.05) is 0 Å². The molecule has 1 aliphatic rings. The van der Waals surface area contributed by atoms with E-state index >= 15 is 0 Å². The fourth-order valence-corrected chi connectivity index (χ4v) is 15.9.